The quantitative estimate of drug-likeness (QED) is 0.0203. The maximum Gasteiger partial charge on any atom is 0.472 e. The summed E-state index contributed by atoms with van der Waals surface area (Å²) in [7, 11) is -28.9. The number of fused-ring (bicyclic) bond motifs is 5. The third-order valence-electron chi connectivity index (χ3n) is 18.2. The number of nitrogens with zero attached hydrogens (tertiary/aromatic N) is 15. The number of nitrogen functional groups attached to an aromatic ring is 5. The Kier molecular flexibility index (Phi) is 21.7. The van der Waals surface area contributed by atoms with E-state index < -0.39 is 280 Å². The number of phosphoric acid groups is 5. The molecule has 0 saturated carbocycles. The fraction of sp³-hybridized carbons (Fsp3) is 0.500. The zero-order valence-electron chi connectivity index (χ0n) is 57.5. The Hall–Kier alpha value is -9.14. The van der Waals surface area contributed by atoms with Crippen molar-refractivity contribution < 1.29 is 147 Å². The van der Waals surface area contributed by atoms with Crippen LogP contribution in [0.15, 0.2) is 55.6 Å². The van der Waals surface area contributed by atoms with Crippen LogP contribution in [0.3, 0.4) is 0 Å². The van der Waals surface area contributed by atoms with Crippen molar-refractivity contribution in [2.45, 2.75) is 123 Å². The van der Waals surface area contributed by atoms with E-state index in [0.29, 0.717) is 0 Å². The molecule has 66 heteroatoms. The number of aliphatic hydroxyl groups excluding tert-OH is 6. The predicted molar refractivity (Wildman–Crippen MR) is 369 cm³/mol. The van der Waals surface area contributed by atoms with E-state index in [1.54, 1.807) is 0 Å². The van der Waals surface area contributed by atoms with Gasteiger partial charge in [-0.05, 0) is 0 Å². The summed E-state index contributed by atoms with van der Waals surface area (Å²) in [5.41, 5.74) is 20.6. The topological polar surface area (TPSA) is 905 Å². The van der Waals surface area contributed by atoms with Gasteiger partial charge < -0.3 is 112 Å². The Bertz CT molecular complexity index is 6050. The molecule has 15 rings (SSSR count). The Morgan fingerprint density at radius 1 is 0.319 bits per heavy atom. The SMILES string of the molecule is Nc1nc2c(ncn2[C@@H]2O[C@H](COP(=O)(O)O[C@H]3[C@@H](O)[C@H](n4cnc5c(=O)[nH]c(N)nc54)O[C@@H]3COP(=O)(O)O[C@H]3[C@@H](O)[C@H](n4cnc5c(=O)[nH]c(N)nc54)O[C@@H]3COP(=O)(O)O[C@H]3[C@@H](O)[C@H](n4cnc5c(=O)[nH]c(N)nc54)O[C@@H]3COP(=O)(O)O[C@H]3[C@@H](O)[C@H](n4cnc5c(=O)[nH]c(N)nc54)O[C@@H]3COP(=O)(O)O)[C@@H](O)[C@H]2O)c(=O)[nH]1. The van der Waals surface area contributed by atoms with E-state index in [0.717, 1.165) is 54.5 Å². The van der Waals surface area contributed by atoms with Crippen LogP contribution in [0.5, 0.6) is 0 Å². The molecule has 0 radical (unpaired) electrons. The number of H-pyrrole nitrogens is 5. The number of rotatable bonds is 28. The van der Waals surface area contributed by atoms with Gasteiger partial charge >= 0.3 is 39.1 Å². The number of nitrogens with one attached hydrogen (secondary N) is 5. The molecule has 10 aromatic rings. The van der Waals surface area contributed by atoms with E-state index in [2.05, 4.69) is 79.3 Å². The number of hydrogen-bond donors (Lipinski definition) is 22. The van der Waals surface area contributed by atoms with Gasteiger partial charge in [-0.3, -0.25) is 112 Å². The Balaban J connectivity index is 0.678. The minimum absolute atomic E-state index is 0.220. The van der Waals surface area contributed by atoms with Crippen LogP contribution in [-0.4, -0.2) is 282 Å². The summed E-state index contributed by atoms with van der Waals surface area (Å²) >= 11 is 0. The van der Waals surface area contributed by atoms with Gasteiger partial charge in [-0.25, -0.2) is 47.7 Å². The first-order chi connectivity index (χ1) is 54.6. The van der Waals surface area contributed by atoms with Crippen molar-refractivity contribution in [3.8, 4) is 0 Å². The van der Waals surface area contributed by atoms with E-state index >= 15 is 0 Å². The standard InChI is InChI=1S/C50H62N25O36P5/c51-46-61-31-16(36(82)66-46)56-6-71(31)41-22(77)21(76)11(103-41)1-99-113(90,91)109-28-13(105-43(24(28)79)73-8-58-18-33(73)63-48(53)68-38(18)84)3-101-115(94,95)111-30-15(107-45(26(30)81)75-10-60-20-35(75)65-50(55)70-40(20)86)5-102-116(96,97)110-29-14(106-44(25(29)80)74-9-59-19-34(74)64-49(54)69-39(19)85)4-100-114(92,93)108-27-12(2-98-112(87,88)89)104-42(23(27)78)72-7-57-17-32(72)62-47(52)67-37(17)83/h6-15,21-30,41-45,76-81H,1-5H2,(H,90,91)(H,92,93)(H,94,95)(H,96,97)(H2,87,88,89)(H3,51,61,66,82)(H3,52,62,67,83)(H3,53,63,68,84)(H3,54,64,69,85)(H3,55,65,70,86)/t11-,12-,13-,14-,15-,21-,22-,23-,24-,25-,26-,27-,28-,29-,30-,41-,42-,43-,44-,45-/m1/s1. The van der Waals surface area contributed by atoms with E-state index in [1.807, 2.05) is 0 Å². The number of anilines is 5. The molecule has 27 N–H and O–H groups in total. The average molecular weight is 1740 g/mol. The molecule has 0 aromatic carbocycles. The van der Waals surface area contributed by atoms with Crippen molar-refractivity contribution >= 4 is 125 Å². The summed E-state index contributed by atoms with van der Waals surface area (Å²) in [5.74, 6) is -2.39. The van der Waals surface area contributed by atoms with Gasteiger partial charge in [0, 0.05) is 0 Å². The highest BCUT2D eigenvalue weighted by molar-refractivity contribution is 7.48. The van der Waals surface area contributed by atoms with Crippen molar-refractivity contribution in [1.82, 2.24) is 97.6 Å². The minimum atomic E-state index is -6.01. The predicted octanol–water partition coefficient (Wildman–Crippen LogP) is -8.67. The van der Waals surface area contributed by atoms with Crippen LogP contribution >= 0.6 is 39.1 Å². The highest BCUT2D eigenvalue weighted by Crippen LogP contribution is 2.56. The fourth-order valence-corrected chi connectivity index (χ4v) is 17.4. The Morgan fingerprint density at radius 3 is 0.741 bits per heavy atom. The molecule has 116 heavy (non-hydrogen) atoms. The number of aromatic amines is 5. The van der Waals surface area contributed by atoms with Crippen LogP contribution in [0.4, 0.5) is 29.7 Å². The van der Waals surface area contributed by atoms with E-state index in [1.165, 1.54) is 0 Å². The molecule has 15 heterocycles. The van der Waals surface area contributed by atoms with Crippen molar-refractivity contribution in [1.29, 1.82) is 0 Å². The number of aliphatic hydroxyl groups is 6. The third kappa shape index (κ3) is 16.0. The van der Waals surface area contributed by atoms with Crippen molar-refractivity contribution in [3.63, 3.8) is 0 Å². The zero-order chi connectivity index (χ0) is 83.1. The normalized spacial score (nSPS) is 30.7. The van der Waals surface area contributed by atoms with Crippen LogP contribution < -0.4 is 56.5 Å². The molecular weight excluding hydrogens is 1680 g/mol. The highest BCUT2D eigenvalue weighted by Gasteiger charge is 2.57. The molecule has 24 atom stereocenters. The summed E-state index contributed by atoms with van der Waals surface area (Å²) in [6, 6.07) is 0. The molecule has 5 saturated heterocycles. The van der Waals surface area contributed by atoms with Gasteiger partial charge in [-0.1, -0.05) is 0 Å². The van der Waals surface area contributed by atoms with Crippen LogP contribution in [-0.2, 0) is 87.2 Å². The molecule has 0 aliphatic carbocycles. The molecule has 4 unspecified atom stereocenters. The molecule has 10 aromatic heterocycles. The van der Waals surface area contributed by atoms with Crippen LogP contribution in [0.1, 0.15) is 31.1 Å². The highest BCUT2D eigenvalue weighted by atomic mass is 31.2. The smallest absolute Gasteiger partial charge is 0.387 e. The maximum absolute atomic E-state index is 14.5. The first kappa shape index (κ1) is 82.0. The van der Waals surface area contributed by atoms with E-state index in [-0.39, 0.29) is 28.3 Å². The number of ether oxygens (including phenoxy) is 5. The number of imidazole rings is 5. The third-order valence-corrected chi connectivity index (χ3v) is 22.7. The zero-order valence-corrected chi connectivity index (χ0v) is 61.9. The molecule has 0 amide bonds. The molecule has 0 spiro atoms. The maximum atomic E-state index is 14.5. The lowest BCUT2D eigenvalue weighted by Crippen LogP contribution is -2.38. The largest absolute Gasteiger partial charge is 0.472 e. The van der Waals surface area contributed by atoms with Gasteiger partial charge in [0.15, 0.2) is 87.0 Å². The number of nitrogens with two attached hydrogens (primary N) is 5. The molecule has 5 aliphatic rings. The van der Waals surface area contributed by atoms with Gasteiger partial charge in [0.1, 0.15) is 91.6 Å². The molecule has 61 nitrogen and oxygen atoms in total. The van der Waals surface area contributed by atoms with Gasteiger partial charge in [0.2, 0.25) is 29.7 Å². The summed E-state index contributed by atoms with van der Waals surface area (Å²) in [6.45, 7) is -6.55. The second-order valence-electron chi connectivity index (χ2n) is 25.8. The fourth-order valence-electron chi connectivity index (χ4n) is 13.2. The first-order valence-corrected chi connectivity index (χ1v) is 40.4. The summed E-state index contributed by atoms with van der Waals surface area (Å²) < 4.78 is 150. The second kappa shape index (κ2) is 30.7. The average Bonchev–Trinajstić information content (AvgIpc) is 1.63. The van der Waals surface area contributed by atoms with Crippen LogP contribution in [0.2, 0.25) is 0 Å². The molecule has 5 aliphatic heterocycles. The first-order valence-electron chi connectivity index (χ1n) is 32.9. The van der Waals surface area contributed by atoms with Gasteiger partial charge in [0.25, 0.3) is 27.8 Å². The van der Waals surface area contributed by atoms with Crippen LogP contribution in [0.25, 0.3) is 55.8 Å². The van der Waals surface area contributed by atoms with Crippen LogP contribution in [0, 0.1) is 0 Å². The number of hydrogen-bond acceptors (Lipinski definition) is 45. The lowest BCUT2D eigenvalue weighted by molar-refractivity contribution is -0.0641. The van der Waals surface area contributed by atoms with Crippen molar-refractivity contribution in [3.05, 3.63) is 83.4 Å². The Labute approximate surface area is 635 Å². The lowest BCUT2D eigenvalue weighted by atomic mass is 10.1. The van der Waals surface area contributed by atoms with E-state index in [4.69, 9.17) is 88.5 Å². The Morgan fingerprint density at radius 2 is 0.517 bits per heavy atom. The number of phosphoric ester groups is 5. The van der Waals surface area contributed by atoms with Gasteiger partial charge in [-0.15, -0.1) is 0 Å². The molecular formula is C50H62N25O36P5. The van der Waals surface area contributed by atoms with Crippen molar-refractivity contribution in [2.24, 2.45) is 0 Å². The minimum Gasteiger partial charge on any atom is -0.387 e. The summed E-state index contributed by atoms with van der Waals surface area (Å²) in [6.07, 6.45) is -37.1. The molecule has 5 fully saturated rings. The lowest BCUT2D eigenvalue weighted by Gasteiger charge is -2.27. The second-order valence-corrected chi connectivity index (χ2v) is 32.6. The monoisotopic (exact) mass is 1740 g/mol. The molecule has 0 bridgehead atoms. The molecule has 628 valence electrons. The van der Waals surface area contributed by atoms with Crippen molar-refractivity contribution in [2.75, 3.05) is 61.7 Å². The van der Waals surface area contributed by atoms with E-state index in [9.17, 15) is 107 Å². The van der Waals surface area contributed by atoms with Gasteiger partial charge in [-0.2, -0.15) is 24.9 Å². The summed E-state index contributed by atoms with van der Waals surface area (Å²) in [5, 5.41) is 69.8. The number of aromatic nitrogens is 20. The van der Waals surface area contributed by atoms with Gasteiger partial charge in [0.05, 0.1) is 64.7 Å². The summed E-state index contributed by atoms with van der Waals surface area (Å²) in [4.78, 5) is 179.